The first kappa shape index (κ1) is 13.9. The van der Waals surface area contributed by atoms with Gasteiger partial charge in [-0.25, -0.2) is 8.42 Å². The number of fused-ring (bicyclic) bond motifs is 1. The summed E-state index contributed by atoms with van der Waals surface area (Å²) in [5.74, 6) is 0. The van der Waals surface area contributed by atoms with E-state index < -0.39 is 10.0 Å². The van der Waals surface area contributed by atoms with Crippen molar-refractivity contribution < 1.29 is 8.42 Å². The molecule has 0 spiro atoms. The number of rotatable bonds is 2. The fourth-order valence-electron chi connectivity index (χ4n) is 2.70. The van der Waals surface area contributed by atoms with Gasteiger partial charge in [-0.1, -0.05) is 28.1 Å². The molecule has 1 aliphatic heterocycles. The molecule has 1 aromatic heterocycles. The molecule has 0 saturated heterocycles. The Bertz CT molecular complexity index is 722. The molecule has 1 unspecified atom stereocenters. The summed E-state index contributed by atoms with van der Waals surface area (Å²) >= 11 is 3.41. The Balaban J connectivity index is 2.14. The van der Waals surface area contributed by atoms with Crippen LogP contribution in [0.1, 0.15) is 17.3 Å². The highest BCUT2D eigenvalue weighted by Crippen LogP contribution is 2.34. The summed E-state index contributed by atoms with van der Waals surface area (Å²) in [7, 11) is -3.25. The third-order valence-electron chi connectivity index (χ3n) is 3.61. The Morgan fingerprint density at radius 3 is 2.50 bits per heavy atom. The third kappa shape index (κ3) is 2.43. The predicted molar refractivity (Wildman–Crippen MR) is 82.0 cm³/mol. The van der Waals surface area contributed by atoms with Crippen molar-refractivity contribution in [3.8, 4) is 0 Å². The summed E-state index contributed by atoms with van der Waals surface area (Å²) in [5.41, 5.74) is 2.00. The lowest BCUT2D eigenvalue weighted by molar-refractivity contribution is 0.300. The van der Waals surface area contributed by atoms with E-state index in [0.29, 0.717) is 13.1 Å². The second-order valence-corrected chi connectivity index (χ2v) is 7.80. The largest absolute Gasteiger partial charge is 0.348 e. The average Bonchev–Trinajstić information content (AvgIpc) is 2.85. The van der Waals surface area contributed by atoms with Gasteiger partial charge in [0.05, 0.1) is 12.3 Å². The number of hydrogen-bond donors (Lipinski definition) is 0. The fraction of sp³-hybridized carbons (Fsp3) is 0.286. The van der Waals surface area contributed by atoms with Crippen LogP contribution in [0.4, 0.5) is 0 Å². The van der Waals surface area contributed by atoms with Gasteiger partial charge in [-0.3, -0.25) is 0 Å². The number of nitrogens with zero attached hydrogens (tertiary/aromatic N) is 2. The van der Waals surface area contributed by atoms with Gasteiger partial charge in [-0.05, 0) is 29.8 Å². The first-order valence-corrected chi connectivity index (χ1v) is 8.98. The van der Waals surface area contributed by atoms with Crippen LogP contribution in [0.5, 0.6) is 0 Å². The van der Waals surface area contributed by atoms with Crippen LogP contribution in [0.2, 0.25) is 0 Å². The first-order chi connectivity index (χ1) is 9.47. The molecular formula is C14H15BrN2O2S. The molecule has 20 heavy (non-hydrogen) atoms. The zero-order valence-corrected chi connectivity index (χ0v) is 13.4. The molecule has 2 heterocycles. The van der Waals surface area contributed by atoms with E-state index in [1.54, 1.807) is 4.31 Å². The van der Waals surface area contributed by atoms with Gasteiger partial charge in [0.1, 0.15) is 0 Å². The molecule has 0 amide bonds. The molecule has 0 saturated carbocycles. The molecule has 0 radical (unpaired) electrons. The van der Waals surface area contributed by atoms with Gasteiger partial charge in [0.15, 0.2) is 0 Å². The van der Waals surface area contributed by atoms with Crippen molar-refractivity contribution in [2.24, 2.45) is 0 Å². The first-order valence-electron chi connectivity index (χ1n) is 6.34. The summed E-state index contributed by atoms with van der Waals surface area (Å²) in [6, 6.07) is 11.5. The molecule has 1 aliphatic rings. The second-order valence-electron chi connectivity index (χ2n) is 4.95. The lowest BCUT2D eigenvalue weighted by atomic mass is 10.0. The van der Waals surface area contributed by atoms with Crippen LogP contribution in [0, 0.1) is 0 Å². The summed E-state index contributed by atoms with van der Waals surface area (Å²) in [6.45, 7) is 1.20. The minimum atomic E-state index is -3.25. The molecule has 3 rings (SSSR count). The van der Waals surface area contributed by atoms with Gasteiger partial charge in [-0.15, -0.1) is 0 Å². The molecule has 0 N–H and O–H groups in total. The number of halogens is 1. The van der Waals surface area contributed by atoms with E-state index in [4.69, 9.17) is 0 Å². The number of aromatic nitrogens is 1. The van der Waals surface area contributed by atoms with Crippen molar-refractivity contribution in [2.75, 3.05) is 12.8 Å². The second kappa shape index (κ2) is 5.02. The summed E-state index contributed by atoms with van der Waals surface area (Å²) < 4.78 is 28.8. The molecule has 106 valence electrons. The van der Waals surface area contributed by atoms with E-state index in [1.165, 1.54) is 6.26 Å². The maximum Gasteiger partial charge on any atom is 0.212 e. The van der Waals surface area contributed by atoms with Crippen molar-refractivity contribution in [3.63, 3.8) is 0 Å². The summed E-state index contributed by atoms with van der Waals surface area (Å²) in [4.78, 5) is 0. The Morgan fingerprint density at radius 2 is 1.85 bits per heavy atom. The van der Waals surface area contributed by atoms with Gasteiger partial charge < -0.3 is 4.57 Å². The predicted octanol–water partition coefficient (Wildman–Crippen LogP) is 2.62. The quantitative estimate of drug-likeness (QED) is 0.831. The summed E-state index contributed by atoms with van der Waals surface area (Å²) in [6.07, 6.45) is 3.28. The maximum atomic E-state index is 12.1. The van der Waals surface area contributed by atoms with Crippen LogP contribution >= 0.6 is 15.9 Å². The van der Waals surface area contributed by atoms with Crippen molar-refractivity contribution in [1.82, 2.24) is 8.87 Å². The summed E-state index contributed by atoms with van der Waals surface area (Å²) in [5, 5.41) is 0. The Kier molecular flexibility index (Phi) is 3.48. The van der Waals surface area contributed by atoms with Crippen LogP contribution in [0.15, 0.2) is 47.1 Å². The molecule has 0 aliphatic carbocycles. The molecule has 0 fully saturated rings. The molecule has 4 nitrogen and oxygen atoms in total. The Hall–Kier alpha value is -1.11. The average molecular weight is 355 g/mol. The molecular weight excluding hydrogens is 340 g/mol. The van der Waals surface area contributed by atoms with E-state index in [2.05, 4.69) is 20.5 Å². The third-order valence-corrected chi connectivity index (χ3v) is 5.38. The van der Waals surface area contributed by atoms with E-state index in [-0.39, 0.29) is 6.04 Å². The van der Waals surface area contributed by atoms with Crippen molar-refractivity contribution in [3.05, 3.63) is 58.3 Å². The molecule has 0 bridgehead atoms. The highest BCUT2D eigenvalue weighted by atomic mass is 79.9. The van der Waals surface area contributed by atoms with Crippen molar-refractivity contribution in [1.29, 1.82) is 0 Å². The van der Waals surface area contributed by atoms with Crippen molar-refractivity contribution in [2.45, 2.75) is 12.6 Å². The molecule has 6 heteroatoms. The lowest BCUT2D eigenvalue weighted by Gasteiger charge is -2.35. The monoisotopic (exact) mass is 354 g/mol. The smallest absolute Gasteiger partial charge is 0.212 e. The maximum absolute atomic E-state index is 12.1. The zero-order valence-electron chi connectivity index (χ0n) is 11.0. The molecule has 1 aromatic carbocycles. The molecule has 2 aromatic rings. The Labute approximate surface area is 127 Å². The van der Waals surface area contributed by atoms with Crippen LogP contribution in [-0.2, 0) is 16.6 Å². The number of sulfonamides is 1. The minimum Gasteiger partial charge on any atom is -0.348 e. The minimum absolute atomic E-state index is 0.248. The SMILES string of the molecule is CS(=O)(=O)N1CCn2cccc2C1c1ccc(Br)cc1. The normalized spacial score (nSPS) is 19.8. The lowest BCUT2D eigenvalue weighted by Crippen LogP contribution is -2.41. The van der Waals surface area contributed by atoms with Gasteiger partial charge in [-0.2, -0.15) is 4.31 Å². The standard InChI is InChI=1S/C14H15BrN2O2S/c1-20(18,19)17-10-9-16-8-2-3-13(16)14(17)11-4-6-12(15)7-5-11/h2-8,14H,9-10H2,1H3. The van der Waals surface area contributed by atoms with Crippen LogP contribution in [0.3, 0.4) is 0 Å². The zero-order chi connectivity index (χ0) is 14.3. The van der Waals surface area contributed by atoms with Gasteiger partial charge in [0.2, 0.25) is 10.0 Å². The van der Waals surface area contributed by atoms with Crippen LogP contribution < -0.4 is 0 Å². The van der Waals surface area contributed by atoms with E-state index in [9.17, 15) is 8.42 Å². The Morgan fingerprint density at radius 1 is 1.15 bits per heavy atom. The van der Waals surface area contributed by atoms with E-state index in [0.717, 1.165) is 15.7 Å². The van der Waals surface area contributed by atoms with E-state index in [1.807, 2.05) is 42.6 Å². The molecule has 1 atom stereocenters. The highest BCUT2D eigenvalue weighted by molar-refractivity contribution is 9.10. The van der Waals surface area contributed by atoms with E-state index >= 15 is 0 Å². The van der Waals surface area contributed by atoms with Crippen LogP contribution in [-0.4, -0.2) is 30.1 Å². The fourth-order valence-corrected chi connectivity index (χ4v) is 3.99. The van der Waals surface area contributed by atoms with Crippen molar-refractivity contribution >= 4 is 26.0 Å². The number of hydrogen-bond acceptors (Lipinski definition) is 2. The topological polar surface area (TPSA) is 42.3 Å². The van der Waals surface area contributed by atoms with Gasteiger partial charge >= 0.3 is 0 Å². The highest BCUT2D eigenvalue weighted by Gasteiger charge is 2.34. The van der Waals surface area contributed by atoms with Gasteiger partial charge in [0, 0.05) is 29.5 Å². The van der Waals surface area contributed by atoms with Crippen LogP contribution in [0.25, 0.3) is 0 Å². The number of benzene rings is 1. The van der Waals surface area contributed by atoms with Gasteiger partial charge in [0.25, 0.3) is 0 Å².